The molecule has 0 bridgehead atoms. The van der Waals surface area contributed by atoms with Crippen molar-refractivity contribution >= 4 is 17.2 Å². The van der Waals surface area contributed by atoms with Crippen LogP contribution in [0.5, 0.6) is 0 Å². The van der Waals surface area contributed by atoms with Gasteiger partial charge in [0, 0.05) is 19.5 Å². The minimum Gasteiger partial charge on any atom is -0.338 e. The van der Waals surface area contributed by atoms with Crippen molar-refractivity contribution in [3.63, 3.8) is 0 Å². The topological polar surface area (TPSA) is 89.9 Å². The van der Waals surface area contributed by atoms with Crippen molar-refractivity contribution in [3.05, 3.63) is 34.4 Å². The zero-order valence-corrected chi connectivity index (χ0v) is 14.6. The second-order valence-corrected chi connectivity index (χ2v) is 6.90. The zero-order chi connectivity index (χ0) is 17.2. The SMILES string of the molecule is CCc1noc(-c2cn(C3CCN(C(=O)c4cccs4)CC3)nn2)n1. The van der Waals surface area contributed by atoms with E-state index >= 15 is 0 Å². The molecule has 4 rings (SSSR count). The minimum absolute atomic E-state index is 0.116. The Kier molecular flexibility index (Phi) is 4.31. The predicted molar refractivity (Wildman–Crippen MR) is 91.2 cm³/mol. The Labute approximate surface area is 148 Å². The fourth-order valence-electron chi connectivity index (χ4n) is 2.94. The van der Waals surface area contributed by atoms with Crippen molar-refractivity contribution in [2.24, 2.45) is 0 Å². The summed E-state index contributed by atoms with van der Waals surface area (Å²) in [6.07, 6.45) is 4.26. The van der Waals surface area contributed by atoms with E-state index in [0.717, 1.165) is 30.8 Å². The molecular weight excluding hydrogens is 340 g/mol. The van der Waals surface area contributed by atoms with Crippen LogP contribution >= 0.6 is 11.3 Å². The Balaban J connectivity index is 1.40. The summed E-state index contributed by atoms with van der Waals surface area (Å²) < 4.78 is 7.05. The van der Waals surface area contributed by atoms with Crippen LogP contribution in [0.25, 0.3) is 11.6 Å². The monoisotopic (exact) mass is 358 g/mol. The molecule has 4 heterocycles. The molecule has 0 atom stereocenters. The molecule has 1 aliphatic rings. The van der Waals surface area contributed by atoms with Gasteiger partial charge in [0.15, 0.2) is 11.5 Å². The lowest BCUT2D eigenvalue weighted by Gasteiger charge is -2.31. The molecule has 9 heteroatoms. The van der Waals surface area contributed by atoms with Gasteiger partial charge in [0.25, 0.3) is 11.8 Å². The van der Waals surface area contributed by atoms with Gasteiger partial charge >= 0.3 is 0 Å². The van der Waals surface area contributed by atoms with E-state index in [1.807, 2.05) is 40.2 Å². The van der Waals surface area contributed by atoms with Gasteiger partial charge in [0.1, 0.15) is 0 Å². The average molecular weight is 358 g/mol. The number of hydrogen-bond donors (Lipinski definition) is 0. The van der Waals surface area contributed by atoms with Gasteiger partial charge in [-0.1, -0.05) is 23.4 Å². The van der Waals surface area contributed by atoms with Crippen LogP contribution in [0.2, 0.25) is 0 Å². The van der Waals surface area contributed by atoms with Gasteiger partial charge in [-0.15, -0.1) is 16.4 Å². The maximum atomic E-state index is 12.4. The Hall–Kier alpha value is -2.55. The predicted octanol–water partition coefficient (Wildman–Crippen LogP) is 2.43. The molecule has 3 aromatic heterocycles. The number of rotatable bonds is 4. The summed E-state index contributed by atoms with van der Waals surface area (Å²) in [5, 5.41) is 14.2. The number of hydrogen-bond acceptors (Lipinski definition) is 7. The number of likely N-dealkylation sites (tertiary alicyclic amines) is 1. The summed E-state index contributed by atoms with van der Waals surface area (Å²) in [5.74, 6) is 1.17. The number of aryl methyl sites for hydroxylation is 1. The molecule has 130 valence electrons. The fraction of sp³-hybridized carbons (Fsp3) is 0.438. The van der Waals surface area contributed by atoms with Crippen LogP contribution in [0.3, 0.4) is 0 Å². The molecule has 1 fully saturated rings. The molecule has 1 aliphatic heterocycles. The van der Waals surface area contributed by atoms with Crippen molar-refractivity contribution in [1.29, 1.82) is 0 Å². The molecule has 8 nitrogen and oxygen atoms in total. The number of carbonyl (C=O) groups excluding carboxylic acids is 1. The molecule has 3 aromatic rings. The standard InChI is InChI=1S/C16H18N6O2S/c1-2-14-17-15(24-19-14)12-10-22(20-18-12)11-5-7-21(8-6-11)16(23)13-4-3-9-25-13/h3-4,9-11H,2,5-8H2,1H3. The molecule has 0 aliphatic carbocycles. The summed E-state index contributed by atoms with van der Waals surface area (Å²) in [6, 6.07) is 4.00. The molecule has 0 spiro atoms. The lowest BCUT2D eigenvalue weighted by molar-refractivity contribution is 0.0694. The highest BCUT2D eigenvalue weighted by Gasteiger charge is 2.26. The summed E-state index contributed by atoms with van der Waals surface area (Å²) >= 11 is 1.48. The molecule has 1 saturated heterocycles. The van der Waals surface area contributed by atoms with E-state index in [1.54, 1.807) is 0 Å². The number of carbonyl (C=O) groups is 1. The zero-order valence-electron chi connectivity index (χ0n) is 13.8. The van der Waals surface area contributed by atoms with Crippen molar-refractivity contribution in [2.75, 3.05) is 13.1 Å². The molecule has 0 unspecified atom stereocenters. The van der Waals surface area contributed by atoms with E-state index < -0.39 is 0 Å². The minimum atomic E-state index is 0.116. The van der Waals surface area contributed by atoms with E-state index in [1.165, 1.54) is 11.3 Å². The van der Waals surface area contributed by atoms with Crippen LogP contribution in [-0.4, -0.2) is 49.0 Å². The van der Waals surface area contributed by atoms with Gasteiger partial charge in [0.05, 0.1) is 17.1 Å². The average Bonchev–Trinajstić information content (AvgIpc) is 3.42. The largest absolute Gasteiger partial charge is 0.338 e. The van der Waals surface area contributed by atoms with Crippen molar-refractivity contribution in [1.82, 2.24) is 30.0 Å². The lowest BCUT2D eigenvalue weighted by Crippen LogP contribution is -2.38. The Morgan fingerprint density at radius 2 is 2.24 bits per heavy atom. The van der Waals surface area contributed by atoms with Gasteiger partial charge in [-0.2, -0.15) is 4.98 Å². The second kappa shape index (κ2) is 6.75. The van der Waals surface area contributed by atoms with Crippen molar-refractivity contribution in [3.8, 4) is 11.6 Å². The van der Waals surface area contributed by atoms with Crippen LogP contribution in [0.4, 0.5) is 0 Å². The lowest BCUT2D eigenvalue weighted by atomic mass is 10.1. The quantitative estimate of drug-likeness (QED) is 0.711. The first-order valence-corrected chi connectivity index (χ1v) is 9.20. The number of nitrogens with zero attached hydrogens (tertiary/aromatic N) is 6. The van der Waals surface area contributed by atoms with Crippen molar-refractivity contribution in [2.45, 2.75) is 32.2 Å². The smallest absolute Gasteiger partial charge is 0.280 e. The summed E-state index contributed by atoms with van der Waals surface area (Å²) in [7, 11) is 0. The highest BCUT2D eigenvalue weighted by Crippen LogP contribution is 2.25. The number of thiophene rings is 1. The van der Waals surface area contributed by atoms with Crippen LogP contribution < -0.4 is 0 Å². The maximum Gasteiger partial charge on any atom is 0.280 e. The molecule has 0 aromatic carbocycles. The number of piperidine rings is 1. The van der Waals surface area contributed by atoms with E-state index in [0.29, 0.717) is 23.8 Å². The summed E-state index contributed by atoms with van der Waals surface area (Å²) in [4.78, 5) is 19.4. The number of aromatic nitrogens is 5. The van der Waals surface area contributed by atoms with Gasteiger partial charge in [0.2, 0.25) is 0 Å². The summed E-state index contributed by atoms with van der Waals surface area (Å²) in [6.45, 7) is 3.41. The van der Waals surface area contributed by atoms with Crippen LogP contribution in [-0.2, 0) is 6.42 Å². The van der Waals surface area contributed by atoms with Gasteiger partial charge < -0.3 is 9.42 Å². The first kappa shape index (κ1) is 15.9. The Morgan fingerprint density at radius 1 is 1.40 bits per heavy atom. The Bertz CT molecular complexity index is 848. The maximum absolute atomic E-state index is 12.4. The third-order valence-corrected chi connectivity index (χ3v) is 5.23. The number of amides is 1. The van der Waals surface area contributed by atoms with Gasteiger partial charge in [-0.05, 0) is 24.3 Å². The third kappa shape index (κ3) is 3.19. The first-order valence-electron chi connectivity index (χ1n) is 8.32. The molecular formula is C16H18N6O2S. The van der Waals surface area contributed by atoms with Crippen molar-refractivity contribution < 1.29 is 9.32 Å². The third-order valence-electron chi connectivity index (χ3n) is 4.37. The molecule has 0 saturated carbocycles. The van der Waals surface area contributed by atoms with Crippen LogP contribution in [0, 0.1) is 0 Å². The van der Waals surface area contributed by atoms with Gasteiger partial charge in [-0.3, -0.25) is 4.79 Å². The Morgan fingerprint density at radius 3 is 2.92 bits per heavy atom. The molecule has 0 radical (unpaired) electrons. The van der Waals surface area contributed by atoms with E-state index in [9.17, 15) is 4.79 Å². The normalized spacial score (nSPS) is 15.6. The van der Waals surface area contributed by atoms with Crippen LogP contribution in [0.1, 0.15) is 41.3 Å². The summed E-state index contributed by atoms with van der Waals surface area (Å²) in [5.41, 5.74) is 0.587. The fourth-order valence-corrected chi connectivity index (χ4v) is 3.64. The first-order chi connectivity index (χ1) is 12.2. The van der Waals surface area contributed by atoms with Gasteiger partial charge in [-0.25, -0.2) is 4.68 Å². The second-order valence-electron chi connectivity index (χ2n) is 5.95. The van der Waals surface area contributed by atoms with E-state index in [2.05, 4.69) is 20.5 Å². The van der Waals surface area contributed by atoms with E-state index in [4.69, 9.17) is 4.52 Å². The highest BCUT2D eigenvalue weighted by atomic mass is 32.1. The highest BCUT2D eigenvalue weighted by molar-refractivity contribution is 7.12. The molecule has 0 N–H and O–H groups in total. The van der Waals surface area contributed by atoms with Crippen LogP contribution in [0.15, 0.2) is 28.2 Å². The van der Waals surface area contributed by atoms with E-state index in [-0.39, 0.29) is 11.9 Å². The molecule has 25 heavy (non-hydrogen) atoms. The molecule has 1 amide bonds.